The van der Waals surface area contributed by atoms with Crippen LogP contribution in [0.4, 0.5) is 0 Å². The average Bonchev–Trinajstić information content (AvgIpc) is 2.23. The van der Waals surface area contributed by atoms with E-state index >= 15 is 0 Å². The van der Waals surface area contributed by atoms with E-state index in [0.717, 1.165) is 17.8 Å². The second kappa shape index (κ2) is 3.98. The molecule has 4 rings (SSSR count). The molecule has 4 unspecified atom stereocenters. The summed E-state index contributed by atoms with van der Waals surface area (Å²) in [5.74, 6) is 4.03. The summed E-state index contributed by atoms with van der Waals surface area (Å²) in [6, 6.07) is 0. The van der Waals surface area contributed by atoms with Crippen LogP contribution in [0.15, 0.2) is 0 Å². The lowest BCUT2D eigenvalue weighted by Crippen LogP contribution is -2.58. The third-order valence-electron chi connectivity index (χ3n) is 6.12. The van der Waals surface area contributed by atoms with Gasteiger partial charge in [-0.25, -0.2) is 0 Å². The molecule has 0 aromatic heterocycles. The SMILES string of the molecule is CC(C)CC(C)C12CC3CC(CC(C3)C1O)C2. The second-order valence-corrected chi connectivity index (χ2v) is 7.82. The van der Waals surface area contributed by atoms with Gasteiger partial charge in [-0.2, -0.15) is 0 Å². The highest BCUT2D eigenvalue weighted by Crippen LogP contribution is 2.63. The fourth-order valence-corrected chi connectivity index (χ4v) is 5.71. The first kappa shape index (κ1) is 12.0. The largest absolute Gasteiger partial charge is 0.392 e. The van der Waals surface area contributed by atoms with Gasteiger partial charge in [0.15, 0.2) is 0 Å². The minimum atomic E-state index is 0.0176. The number of hydrogen-bond acceptors (Lipinski definition) is 1. The van der Waals surface area contributed by atoms with Crippen molar-refractivity contribution in [3.8, 4) is 0 Å². The van der Waals surface area contributed by atoms with Crippen molar-refractivity contribution in [3.63, 3.8) is 0 Å². The van der Waals surface area contributed by atoms with Crippen LogP contribution >= 0.6 is 0 Å². The van der Waals surface area contributed by atoms with Crippen LogP contribution < -0.4 is 0 Å². The maximum absolute atomic E-state index is 10.8. The van der Waals surface area contributed by atoms with E-state index in [1.54, 1.807) is 0 Å². The van der Waals surface area contributed by atoms with Gasteiger partial charge < -0.3 is 5.11 Å². The Morgan fingerprint density at radius 3 is 2.18 bits per heavy atom. The van der Waals surface area contributed by atoms with Crippen LogP contribution in [0.3, 0.4) is 0 Å². The van der Waals surface area contributed by atoms with Gasteiger partial charge in [0, 0.05) is 0 Å². The summed E-state index contributed by atoms with van der Waals surface area (Å²) in [4.78, 5) is 0. The van der Waals surface area contributed by atoms with Gasteiger partial charge in [0.2, 0.25) is 0 Å². The van der Waals surface area contributed by atoms with Gasteiger partial charge in [-0.1, -0.05) is 20.8 Å². The molecule has 4 saturated carbocycles. The first-order valence-electron chi connectivity index (χ1n) is 7.69. The summed E-state index contributed by atoms with van der Waals surface area (Å²) in [5, 5.41) is 10.8. The predicted octanol–water partition coefficient (Wildman–Crippen LogP) is 3.86. The number of rotatable bonds is 3. The van der Waals surface area contributed by atoms with E-state index in [1.807, 2.05) is 0 Å². The van der Waals surface area contributed by atoms with E-state index in [4.69, 9.17) is 0 Å². The lowest BCUT2D eigenvalue weighted by Gasteiger charge is -2.62. The molecule has 0 aliphatic heterocycles. The minimum Gasteiger partial charge on any atom is -0.392 e. The Labute approximate surface area is 106 Å². The molecule has 1 nitrogen and oxygen atoms in total. The zero-order chi connectivity index (χ0) is 12.2. The predicted molar refractivity (Wildman–Crippen MR) is 70.6 cm³/mol. The molecule has 4 aliphatic rings. The summed E-state index contributed by atoms with van der Waals surface area (Å²) in [5.41, 5.74) is 0.305. The molecule has 17 heavy (non-hydrogen) atoms. The Hall–Kier alpha value is -0.0400. The second-order valence-electron chi connectivity index (χ2n) is 7.82. The van der Waals surface area contributed by atoms with E-state index in [9.17, 15) is 5.11 Å². The third kappa shape index (κ3) is 1.77. The molecule has 0 aromatic carbocycles. The van der Waals surface area contributed by atoms with E-state index in [-0.39, 0.29) is 6.10 Å². The van der Waals surface area contributed by atoms with Crippen molar-refractivity contribution in [2.45, 2.75) is 65.4 Å². The van der Waals surface area contributed by atoms with Crippen molar-refractivity contribution >= 4 is 0 Å². The standard InChI is InChI=1S/C16H28O/c1-10(2)4-11(3)16-8-12-5-13(9-16)7-14(6-12)15(16)17/h10-15,17H,4-9H2,1-3H3. The molecule has 1 heteroatoms. The monoisotopic (exact) mass is 236 g/mol. The third-order valence-corrected chi connectivity index (χ3v) is 6.12. The molecule has 1 N–H and O–H groups in total. The van der Waals surface area contributed by atoms with Crippen molar-refractivity contribution < 1.29 is 5.11 Å². The lowest BCUT2D eigenvalue weighted by atomic mass is 9.45. The smallest absolute Gasteiger partial charge is 0.0627 e. The zero-order valence-electron chi connectivity index (χ0n) is 11.7. The Morgan fingerprint density at radius 1 is 1.06 bits per heavy atom. The summed E-state index contributed by atoms with van der Waals surface area (Å²) in [6.07, 6.45) is 8.10. The van der Waals surface area contributed by atoms with Crippen molar-refractivity contribution in [1.82, 2.24) is 0 Å². The van der Waals surface area contributed by atoms with Crippen LogP contribution in [-0.2, 0) is 0 Å². The molecule has 4 aliphatic carbocycles. The molecule has 98 valence electrons. The molecule has 0 amide bonds. The topological polar surface area (TPSA) is 20.2 Å². The highest BCUT2D eigenvalue weighted by Gasteiger charge is 2.58. The van der Waals surface area contributed by atoms with Crippen molar-refractivity contribution in [2.75, 3.05) is 0 Å². The van der Waals surface area contributed by atoms with Crippen LogP contribution in [0.1, 0.15) is 59.3 Å². The summed E-state index contributed by atoms with van der Waals surface area (Å²) in [7, 11) is 0. The summed E-state index contributed by atoms with van der Waals surface area (Å²) < 4.78 is 0. The molecular weight excluding hydrogens is 208 g/mol. The first-order chi connectivity index (χ1) is 8.01. The van der Waals surface area contributed by atoms with E-state index < -0.39 is 0 Å². The van der Waals surface area contributed by atoms with Crippen LogP contribution in [-0.4, -0.2) is 11.2 Å². The number of aliphatic hydroxyl groups is 1. The molecule has 4 atom stereocenters. The van der Waals surface area contributed by atoms with E-state index in [1.165, 1.54) is 38.5 Å². The van der Waals surface area contributed by atoms with Gasteiger partial charge in [0.25, 0.3) is 0 Å². The van der Waals surface area contributed by atoms with Crippen molar-refractivity contribution in [3.05, 3.63) is 0 Å². The Bertz CT molecular complexity index is 282. The summed E-state index contributed by atoms with van der Waals surface area (Å²) >= 11 is 0. The normalized spacial score (nSPS) is 49.9. The van der Waals surface area contributed by atoms with Crippen molar-refractivity contribution in [2.24, 2.45) is 35.0 Å². The Kier molecular flexibility index (Phi) is 2.81. The van der Waals surface area contributed by atoms with Gasteiger partial charge in [-0.05, 0) is 73.5 Å². The highest BCUT2D eigenvalue weighted by molar-refractivity contribution is 5.08. The van der Waals surface area contributed by atoms with E-state index in [2.05, 4.69) is 20.8 Å². The fraction of sp³-hybridized carbons (Fsp3) is 1.00. The minimum absolute atomic E-state index is 0.0176. The Morgan fingerprint density at radius 2 is 1.65 bits per heavy atom. The molecular formula is C16H28O. The fourth-order valence-electron chi connectivity index (χ4n) is 5.71. The molecule has 0 heterocycles. The molecule has 4 fully saturated rings. The number of aliphatic hydroxyl groups excluding tert-OH is 1. The van der Waals surface area contributed by atoms with Gasteiger partial charge in [-0.15, -0.1) is 0 Å². The van der Waals surface area contributed by atoms with Gasteiger partial charge in [0.05, 0.1) is 6.10 Å². The Balaban J connectivity index is 1.84. The number of hydrogen-bond donors (Lipinski definition) is 1. The molecule has 0 aromatic rings. The van der Waals surface area contributed by atoms with Crippen LogP contribution in [0.25, 0.3) is 0 Å². The van der Waals surface area contributed by atoms with Gasteiger partial charge in [0.1, 0.15) is 0 Å². The zero-order valence-corrected chi connectivity index (χ0v) is 11.7. The summed E-state index contributed by atoms with van der Waals surface area (Å²) in [6.45, 7) is 7.06. The molecule has 4 bridgehead atoms. The van der Waals surface area contributed by atoms with Crippen LogP contribution in [0, 0.1) is 35.0 Å². The maximum atomic E-state index is 10.8. The van der Waals surface area contributed by atoms with Crippen LogP contribution in [0.5, 0.6) is 0 Å². The van der Waals surface area contributed by atoms with Crippen molar-refractivity contribution in [1.29, 1.82) is 0 Å². The first-order valence-corrected chi connectivity index (χ1v) is 7.69. The quantitative estimate of drug-likeness (QED) is 0.789. The maximum Gasteiger partial charge on any atom is 0.0627 e. The highest BCUT2D eigenvalue weighted by atomic mass is 16.3. The van der Waals surface area contributed by atoms with Gasteiger partial charge >= 0.3 is 0 Å². The molecule has 0 radical (unpaired) electrons. The van der Waals surface area contributed by atoms with Crippen LogP contribution in [0.2, 0.25) is 0 Å². The van der Waals surface area contributed by atoms with Gasteiger partial charge in [-0.3, -0.25) is 0 Å². The van der Waals surface area contributed by atoms with E-state index in [0.29, 0.717) is 17.3 Å². The molecule has 0 saturated heterocycles. The average molecular weight is 236 g/mol. The molecule has 0 spiro atoms. The lowest BCUT2D eigenvalue weighted by molar-refractivity contribution is -0.180.